The number of benzene rings is 2. The Labute approximate surface area is 183 Å². The van der Waals surface area contributed by atoms with E-state index < -0.39 is 17.0 Å². The molecule has 2 aromatic carbocycles. The van der Waals surface area contributed by atoms with Gasteiger partial charge < -0.3 is 10.3 Å². The summed E-state index contributed by atoms with van der Waals surface area (Å²) in [7, 11) is 0. The van der Waals surface area contributed by atoms with Gasteiger partial charge >= 0.3 is 0 Å². The van der Waals surface area contributed by atoms with E-state index in [0.717, 1.165) is 5.56 Å². The molecular formula is C24H21N5O3. The van der Waals surface area contributed by atoms with E-state index in [9.17, 15) is 14.4 Å². The number of nitrogens with zero attached hydrogens (tertiary/aromatic N) is 3. The third-order valence-electron chi connectivity index (χ3n) is 4.89. The van der Waals surface area contributed by atoms with Gasteiger partial charge in [0.05, 0.1) is 5.69 Å². The minimum absolute atomic E-state index is 0.0633. The van der Waals surface area contributed by atoms with Crippen molar-refractivity contribution in [3.05, 3.63) is 98.8 Å². The fourth-order valence-electron chi connectivity index (χ4n) is 3.50. The van der Waals surface area contributed by atoms with Crippen LogP contribution >= 0.6 is 0 Å². The third kappa shape index (κ3) is 4.11. The Balaban J connectivity index is 1.99. The Morgan fingerprint density at radius 2 is 1.62 bits per heavy atom. The van der Waals surface area contributed by atoms with Crippen LogP contribution < -0.4 is 16.4 Å². The molecule has 0 fully saturated rings. The van der Waals surface area contributed by atoms with E-state index in [1.54, 1.807) is 13.8 Å². The van der Waals surface area contributed by atoms with Crippen LogP contribution in [0.3, 0.4) is 0 Å². The highest BCUT2D eigenvalue weighted by atomic mass is 16.2. The topological polar surface area (TPSA) is 110 Å². The van der Waals surface area contributed by atoms with Gasteiger partial charge in [0.25, 0.3) is 17.0 Å². The second-order valence-corrected chi connectivity index (χ2v) is 7.12. The number of hydrogen-bond donors (Lipinski definition) is 2. The molecule has 2 aromatic heterocycles. The molecule has 4 rings (SSSR count). The first-order valence-electron chi connectivity index (χ1n) is 10.1. The number of amides is 1. The van der Waals surface area contributed by atoms with Crippen molar-refractivity contribution in [1.82, 2.24) is 19.7 Å². The number of rotatable bonds is 5. The molecule has 8 nitrogen and oxygen atoms in total. The van der Waals surface area contributed by atoms with Crippen LogP contribution in [0.2, 0.25) is 0 Å². The molecule has 1 amide bonds. The lowest BCUT2D eigenvalue weighted by Gasteiger charge is -2.16. The van der Waals surface area contributed by atoms with Gasteiger partial charge in [-0.2, -0.15) is 5.10 Å². The number of anilines is 1. The Morgan fingerprint density at radius 1 is 1.00 bits per heavy atom. The molecule has 2 heterocycles. The number of aromatic amines is 1. The van der Waals surface area contributed by atoms with E-state index in [4.69, 9.17) is 0 Å². The smallest absolute Gasteiger partial charge is 0.280 e. The van der Waals surface area contributed by atoms with Crippen molar-refractivity contribution >= 4 is 11.7 Å². The normalized spacial score (nSPS) is 10.7. The lowest BCUT2D eigenvalue weighted by molar-refractivity contribution is 0.102. The zero-order valence-corrected chi connectivity index (χ0v) is 17.6. The van der Waals surface area contributed by atoms with Crippen LogP contribution in [0.4, 0.5) is 5.82 Å². The number of carbonyl (C=O) groups is 1. The van der Waals surface area contributed by atoms with E-state index >= 15 is 0 Å². The fourth-order valence-corrected chi connectivity index (χ4v) is 3.50. The predicted molar refractivity (Wildman–Crippen MR) is 123 cm³/mol. The van der Waals surface area contributed by atoms with Crippen LogP contribution in [0.25, 0.3) is 22.4 Å². The molecule has 0 saturated carbocycles. The molecular weight excluding hydrogens is 406 g/mol. The molecule has 0 atom stereocenters. The largest absolute Gasteiger partial charge is 0.311 e. The average Bonchev–Trinajstić information content (AvgIpc) is 2.79. The van der Waals surface area contributed by atoms with Gasteiger partial charge in [-0.25, -0.2) is 9.67 Å². The Morgan fingerprint density at radius 3 is 2.22 bits per heavy atom. The molecule has 8 heteroatoms. The molecule has 2 N–H and O–H groups in total. The number of carbonyl (C=O) groups excluding carboxylic acids is 1. The van der Waals surface area contributed by atoms with Gasteiger partial charge in [-0.15, -0.1) is 0 Å². The summed E-state index contributed by atoms with van der Waals surface area (Å²) in [6.45, 7) is 3.68. The maximum absolute atomic E-state index is 13.4. The summed E-state index contributed by atoms with van der Waals surface area (Å²) < 4.78 is 1.26. The number of nitrogens with one attached hydrogen (secondary N) is 2. The zero-order valence-electron chi connectivity index (χ0n) is 17.6. The minimum Gasteiger partial charge on any atom is -0.311 e. The Hall–Kier alpha value is -4.33. The number of H-pyrrole nitrogens is 1. The van der Waals surface area contributed by atoms with Gasteiger partial charge in [-0.3, -0.25) is 14.4 Å². The first kappa shape index (κ1) is 20.9. The van der Waals surface area contributed by atoms with E-state index in [-0.39, 0.29) is 17.9 Å². The summed E-state index contributed by atoms with van der Waals surface area (Å²) in [4.78, 5) is 45.2. The highest BCUT2D eigenvalue weighted by Crippen LogP contribution is 2.32. The second-order valence-electron chi connectivity index (χ2n) is 7.12. The number of aromatic nitrogens is 4. The van der Waals surface area contributed by atoms with Gasteiger partial charge in [-0.1, -0.05) is 60.7 Å². The second kappa shape index (κ2) is 8.81. The summed E-state index contributed by atoms with van der Waals surface area (Å²) >= 11 is 0. The quantitative estimate of drug-likeness (QED) is 0.508. The minimum atomic E-state index is -0.659. The van der Waals surface area contributed by atoms with Gasteiger partial charge in [0.1, 0.15) is 17.2 Å². The van der Waals surface area contributed by atoms with Crippen LogP contribution in [-0.4, -0.2) is 25.7 Å². The van der Waals surface area contributed by atoms with Crippen LogP contribution in [0.15, 0.2) is 76.3 Å². The summed E-state index contributed by atoms with van der Waals surface area (Å²) in [5.41, 5.74) is 1.40. The van der Waals surface area contributed by atoms with Gasteiger partial charge in [-0.05, 0) is 19.4 Å². The van der Waals surface area contributed by atoms with Crippen molar-refractivity contribution in [3.63, 3.8) is 0 Å². The maximum atomic E-state index is 13.4. The molecule has 4 aromatic rings. The van der Waals surface area contributed by atoms with E-state index in [0.29, 0.717) is 22.6 Å². The standard InChI is InChI=1S/C24H21N5O3/c1-3-29-24(32)21(23(31)27-18-14-19(30)26-15(2)25-18)20(16-10-6-4-7-11-16)22(28-29)17-12-8-5-9-13-17/h4-14H,3H2,1-2H3,(H2,25,26,27,30,31). The first-order valence-corrected chi connectivity index (χ1v) is 10.1. The van der Waals surface area contributed by atoms with Crippen molar-refractivity contribution in [2.24, 2.45) is 0 Å². The monoisotopic (exact) mass is 427 g/mol. The highest BCUT2D eigenvalue weighted by Gasteiger charge is 2.25. The van der Waals surface area contributed by atoms with Crippen LogP contribution in [0.5, 0.6) is 0 Å². The fraction of sp³-hybridized carbons (Fsp3) is 0.125. The number of aryl methyl sites for hydroxylation is 2. The van der Waals surface area contributed by atoms with Crippen LogP contribution in [0.1, 0.15) is 23.1 Å². The summed E-state index contributed by atoms with van der Waals surface area (Å²) in [6.07, 6.45) is 0. The van der Waals surface area contributed by atoms with Gasteiger partial charge in [0, 0.05) is 23.7 Å². The molecule has 32 heavy (non-hydrogen) atoms. The lowest BCUT2D eigenvalue weighted by Crippen LogP contribution is -2.32. The van der Waals surface area contributed by atoms with Crippen molar-refractivity contribution in [3.8, 4) is 22.4 Å². The summed E-state index contributed by atoms with van der Waals surface area (Å²) in [5.74, 6) is -0.245. The molecule has 0 aliphatic rings. The SMILES string of the molecule is CCn1nc(-c2ccccc2)c(-c2ccccc2)c(C(=O)Nc2cc(=O)[nH]c(C)n2)c1=O. The first-order chi connectivity index (χ1) is 15.5. The van der Waals surface area contributed by atoms with Gasteiger partial charge in [0.2, 0.25) is 0 Å². The third-order valence-corrected chi connectivity index (χ3v) is 4.89. The molecule has 0 bridgehead atoms. The lowest BCUT2D eigenvalue weighted by atomic mass is 9.95. The van der Waals surface area contributed by atoms with Gasteiger partial charge in [0.15, 0.2) is 0 Å². The van der Waals surface area contributed by atoms with Crippen molar-refractivity contribution in [2.75, 3.05) is 5.32 Å². The van der Waals surface area contributed by atoms with Crippen LogP contribution in [-0.2, 0) is 6.54 Å². The number of hydrogen-bond acceptors (Lipinski definition) is 5. The van der Waals surface area contributed by atoms with E-state index in [1.165, 1.54) is 10.7 Å². The molecule has 0 spiro atoms. The molecule has 0 saturated heterocycles. The van der Waals surface area contributed by atoms with E-state index in [2.05, 4.69) is 20.4 Å². The van der Waals surface area contributed by atoms with Crippen molar-refractivity contribution in [1.29, 1.82) is 0 Å². The maximum Gasteiger partial charge on any atom is 0.280 e. The summed E-state index contributed by atoms with van der Waals surface area (Å²) in [5, 5.41) is 7.18. The molecule has 160 valence electrons. The molecule has 0 unspecified atom stereocenters. The predicted octanol–water partition coefficient (Wildman–Crippen LogP) is 3.24. The molecule has 0 aliphatic heterocycles. The van der Waals surface area contributed by atoms with Crippen molar-refractivity contribution < 1.29 is 4.79 Å². The van der Waals surface area contributed by atoms with E-state index in [1.807, 2.05) is 60.7 Å². The molecule has 0 radical (unpaired) electrons. The van der Waals surface area contributed by atoms with Crippen molar-refractivity contribution in [2.45, 2.75) is 20.4 Å². The highest BCUT2D eigenvalue weighted by molar-refractivity contribution is 6.10. The molecule has 0 aliphatic carbocycles. The Kier molecular flexibility index (Phi) is 5.76. The zero-order chi connectivity index (χ0) is 22.7. The average molecular weight is 427 g/mol. The summed E-state index contributed by atoms with van der Waals surface area (Å²) in [6, 6.07) is 19.7. The Bertz CT molecular complexity index is 1390. The van der Waals surface area contributed by atoms with Crippen LogP contribution in [0, 0.1) is 6.92 Å².